The predicted octanol–water partition coefficient (Wildman–Crippen LogP) is 3.96. The molecule has 0 amide bonds. The van der Waals surface area contributed by atoms with E-state index in [-0.39, 0.29) is 35.1 Å². The van der Waals surface area contributed by atoms with Gasteiger partial charge in [-0.3, -0.25) is 4.98 Å². The van der Waals surface area contributed by atoms with E-state index in [1.54, 1.807) is 18.3 Å². The third-order valence-electron chi connectivity index (χ3n) is 7.59. The van der Waals surface area contributed by atoms with Gasteiger partial charge in [-0.05, 0) is 56.3 Å². The van der Waals surface area contributed by atoms with E-state index < -0.39 is 5.82 Å². The number of rotatable bonds is 5. The summed E-state index contributed by atoms with van der Waals surface area (Å²) in [7, 11) is 2.09. The molecule has 37 heavy (non-hydrogen) atoms. The Morgan fingerprint density at radius 3 is 2.84 bits per heavy atom. The molecule has 0 spiro atoms. The number of hydrogen-bond acceptors (Lipinski definition) is 8. The van der Waals surface area contributed by atoms with Crippen LogP contribution in [0.3, 0.4) is 0 Å². The number of piperazine rings is 1. The number of nitrogens with one attached hydrogen (secondary N) is 1. The van der Waals surface area contributed by atoms with Crippen molar-refractivity contribution < 1.29 is 14.2 Å². The molecule has 6 rings (SSSR count). The van der Waals surface area contributed by atoms with Crippen LogP contribution < -0.4 is 15.0 Å². The number of likely N-dealkylation sites (tertiary alicyclic amines) is 1. The Kier molecular flexibility index (Phi) is 6.26. The molecule has 192 valence electrons. The van der Waals surface area contributed by atoms with Gasteiger partial charge in [-0.1, -0.05) is 24.3 Å². The number of fused-ring (bicyclic) bond motifs is 2. The van der Waals surface area contributed by atoms with E-state index in [4.69, 9.17) is 9.72 Å². The molecule has 0 saturated carbocycles. The second-order valence-corrected chi connectivity index (χ2v) is 10.1. The van der Waals surface area contributed by atoms with Crippen molar-refractivity contribution >= 4 is 27.5 Å². The number of pyridine rings is 1. The van der Waals surface area contributed by atoms with Crippen LogP contribution >= 0.6 is 0 Å². The van der Waals surface area contributed by atoms with E-state index in [0.29, 0.717) is 23.4 Å². The number of ether oxygens (including phenoxy) is 1. The summed E-state index contributed by atoms with van der Waals surface area (Å²) in [6.45, 7) is 5.96. The van der Waals surface area contributed by atoms with Crippen LogP contribution in [0.1, 0.15) is 19.8 Å². The molecular formula is C28H31FN6O2. The summed E-state index contributed by atoms with van der Waals surface area (Å²) in [5, 5.41) is 15.9. The van der Waals surface area contributed by atoms with Crippen LogP contribution in [0.5, 0.6) is 11.8 Å². The highest BCUT2D eigenvalue weighted by molar-refractivity contribution is 5.99. The molecule has 2 fully saturated rings. The van der Waals surface area contributed by atoms with Crippen LogP contribution in [-0.2, 0) is 0 Å². The van der Waals surface area contributed by atoms with Crippen molar-refractivity contribution in [2.45, 2.75) is 31.8 Å². The molecule has 2 aliphatic heterocycles. The maximum atomic E-state index is 16.3. The van der Waals surface area contributed by atoms with Crippen LogP contribution in [0.15, 0.2) is 42.6 Å². The molecule has 2 saturated heterocycles. The van der Waals surface area contributed by atoms with Gasteiger partial charge in [0.05, 0.1) is 5.39 Å². The van der Waals surface area contributed by atoms with Crippen LogP contribution in [0.4, 0.5) is 10.2 Å². The van der Waals surface area contributed by atoms with Gasteiger partial charge >= 0.3 is 6.01 Å². The standard InChI is InChI=1S/C28H31FN6O2/c1-17-14-30-9-11-35(17)27-23-15-31-25(22-13-20(36)12-18-6-3-4-8-21(18)22)24(29)26(23)32-28(33-27)37-16-19-7-5-10-34(19)2/h3-4,6,8,12-13,15,17,19,30,36H,5,7,9-11,14,16H2,1-2H3/t17?,19-/m0/s1. The van der Waals surface area contributed by atoms with Gasteiger partial charge in [-0.25, -0.2) is 4.39 Å². The first-order valence-corrected chi connectivity index (χ1v) is 12.9. The zero-order valence-corrected chi connectivity index (χ0v) is 21.1. The SMILES string of the molecule is CC1CNCCN1c1nc(OC[C@@H]2CCCN2C)nc2c(F)c(-c3cc(O)cc4ccccc34)ncc12. The number of aromatic nitrogens is 3. The van der Waals surface area contributed by atoms with Crippen LogP contribution in [-0.4, -0.2) is 76.9 Å². The molecule has 4 heterocycles. The highest BCUT2D eigenvalue weighted by atomic mass is 19.1. The number of likely N-dealkylation sites (N-methyl/N-ethyl adjacent to an activating group) is 1. The molecule has 2 aromatic carbocycles. The fourth-order valence-electron chi connectivity index (χ4n) is 5.50. The molecule has 1 unspecified atom stereocenters. The van der Waals surface area contributed by atoms with Gasteiger partial charge in [0.15, 0.2) is 5.82 Å². The molecule has 2 N–H and O–H groups in total. The minimum absolute atomic E-state index is 0.0534. The number of halogens is 1. The monoisotopic (exact) mass is 502 g/mol. The predicted molar refractivity (Wildman–Crippen MR) is 143 cm³/mol. The third kappa shape index (κ3) is 4.42. The number of hydrogen-bond donors (Lipinski definition) is 2. The van der Waals surface area contributed by atoms with E-state index in [9.17, 15) is 5.11 Å². The van der Waals surface area contributed by atoms with Gasteiger partial charge in [0.25, 0.3) is 0 Å². The maximum absolute atomic E-state index is 16.3. The summed E-state index contributed by atoms with van der Waals surface area (Å²) < 4.78 is 22.4. The third-order valence-corrected chi connectivity index (χ3v) is 7.59. The Morgan fingerprint density at radius 2 is 2.03 bits per heavy atom. The first-order valence-electron chi connectivity index (χ1n) is 12.9. The Bertz CT molecular complexity index is 1460. The van der Waals surface area contributed by atoms with E-state index in [2.05, 4.69) is 39.1 Å². The lowest BCUT2D eigenvalue weighted by Gasteiger charge is -2.35. The maximum Gasteiger partial charge on any atom is 0.319 e. The van der Waals surface area contributed by atoms with Crippen molar-refractivity contribution in [3.63, 3.8) is 0 Å². The van der Waals surface area contributed by atoms with Gasteiger partial charge < -0.3 is 25.0 Å². The molecule has 9 heteroatoms. The van der Waals surface area contributed by atoms with Gasteiger partial charge in [0.1, 0.15) is 29.4 Å². The average Bonchev–Trinajstić information content (AvgIpc) is 3.32. The van der Waals surface area contributed by atoms with Gasteiger partial charge in [-0.2, -0.15) is 9.97 Å². The summed E-state index contributed by atoms with van der Waals surface area (Å²) in [4.78, 5) is 18.3. The normalized spacial score (nSPS) is 20.7. The minimum Gasteiger partial charge on any atom is -0.508 e. The van der Waals surface area contributed by atoms with Crippen LogP contribution in [0, 0.1) is 5.82 Å². The zero-order valence-electron chi connectivity index (χ0n) is 21.1. The average molecular weight is 503 g/mol. The highest BCUT2D eigenvalue weighted by Gasteiger charge is 2.27. The van der Waals surface area contributed by atoms with E-state index in [1.165, 1.54) is 0 Å². The lowest BCUT2D eigenvalue weighted by molar-refractivity contribution is 0.188. The molecule has 2 aliphatic rings. The zero-order chi connectivity index (χ0) is 25.5. The lowest BCUT2D eigenvalue weighted by atomic mass is 10.00. The Balaban J connectivity index is 1.49. The Morgan fingerprint density at radius 1 is 1.16 bits per heavy atom. The van der Waals surface area contributed by atoms with Crippen LogP contribution in [0.2, 0.25) is 0 Å². The first-order chi connectivity index (χ1) is 18.0. The van der Waals surface area contributed by atoms with E-state index in [0.717, 1.165) is 49.8 Å². The van der Waals surface area contributed by atoms with Crippen molar-refractivity contribution in [2.75, 3.05) is 44.7 Å². The number of aromatic hydroxyl groups is 1. The number of benzene rings is 2. The van der Waals surface area contributed by atoms with Crippen molar-refractivity contribution in [2.24, 2.45) is 0 Å². The van der Waals surface area contributed by atoms with Crippen molar-refractivity contribution in [1.82, 2.24) is 25.2 Å². The number of phenolic OH excluding ortho intramolecular Hbond substituents is 1. The fourth-order valence-corrected chi connectivity index (χ4v) is 5.50. The summed E-state index contributed by atoms with van der Waals surface area (Å²) in [6.07, 6.45) is 3.83. The molecule has 2 aromatic heterocycles. The van der Waals surface area contributed by atoms with E-state index in [1.807, 2.05) is 24.3 Å². The van der Waals surface area contributed by atoms with Crippen molar-refractivity contribution in [1.29, 1.82) is 0 Å². The Hall–Kier alpha value is -3.56. The number of phenols is 1. The van der Waals surface area contributed by atoms with Crippen molar-refractivity contribution in [3.05, 3.63) is 48.4 Å². The van der Waals surface area contributed by atoms with Crippen molar-refractivity contribution in [3.8, 4) is 23.0 Å². The molecule has 8 nitrogen and oxygen atoms in total. The summed E-state index contributed by atoms with van der Waals surface area (Å²) >= 11 is 0. The molecule has 4 aromatic rings. The highest BCUT2D eigenvalue weighted by Crippen LogP contribution is 2.37. The molecule has 0 radical (unpaired) electrons. The molecule has 2 atom stereocenters. The second kappa shape index (κ2) is 9.72. The quantitative estimate of drug-likeness (QED) is 0.424. The smallest absolute Gasteiger partial charge is 0.319 e. The minimum atomic E-state index is -0.553. The Labute approximate surface area is 215 Å². The van der Waals surface area contributed by atoms with Crippen LogP contribution in [0.25, 0.3) is 32.9 Å². The summed E-state index contributed by atoms with van der Waals surface area (Å²) in [5.74, 6) is 0.132. The lowest BCUT2D eigenvalue weighted by Crippen LogP contribution is -2.50. The first kappa shape index (κ1) is 23.8. The van der Waals surface area contributed by atoms with Gasteiger partial charge in [0, 0.05) is 43.5 Å². The number of nitrogens with zero attached hydrogens (tertiary/aromatic N) is 5. The second-order valence-electron chi connectivity index (χ2n) is 10.1. The summed E-state index contributed by atoms with van der Waals surface area (Å²) in [5.41, 5.74) is 0.822. The topological polar surface area (TPSA) is 86.6 Å². The van der Waals surface area contributed by atoms with E-state index >= 15 is 4.39 Å². The summed E-state index contributed by atoms with van der Waals surface area (Å²) in [6, 6.07) is 11.4. The van der Waals surface area contributed by atoms with Gasteiger partial charge in [0.2, 0.25) is 0 Å². The fraction of sp³-hybridized carbons (Fsp3) is 0.393. The molecule has 0 aliphatic carbocycles. The molecule has 0 bridgehead atoms. The van der Waals surface area contributed by atoms with Gasteiger partial charge in [-0.15, -0.1) is 0 Å². The largest absolute Gasteiger partial charge is 0.508 e. The number of anilines is 1. The molecular weight excluding hydrogens is 471 g/mol.